The second kappa shape index (κ2) is 7.98. The van der Waals surface area contributed by atoms with Crippen molar-refractivity contribution in [3.63, 3.8) is 0 Å². The monoisotopic (exact) mass is 396 g/mol. The smallest absolute Gasteiger partial charge is 0.257 e. The van der Waals surface area contributed by atoms with Gasteiger partial charge in [-0.25, -0.2) is 4.68 Å². The number of rotatable bonds is 5. The Labute approximate surface area is 168 Å². The van der Waals surface area contributed by atoms with Crippen LogP contribution >= 0.6 is 0 Å². The van der Waals surface area contributed by atoms with Crippen LogP contribution in [0.1, 0.15) is 47.6 Å². The highest BCUT2D eigenvalue weighted by Gasteiger charge is 2.30. The van der Waals surface area contributed by atoms with E-state index in [4.69, 9.17) is 4.74 Å². The molecule has 1 aliphatic heterocycles. The fourth-order valence-electron chi connectivity index (χ4n) is 3.83. The minimum Gasteiger partial charge on any atom is -0.480 e. The third-order valence-electron chi connectivity index (χ3n) is 5.31. The van der Waals surface area contributed by atoms with Crippen molar-refractivity contribution in [2.24, 2.45) is 7.05 Å². The number of hydrogen-bond acceptors (Lipinski definition) is 7. The average molecular weight is 396 g/mol. The Morgan fingerprint density at radius 2 is 2.14 bits per heavy atom. The number of carbonyl (C=O) groups is 1. The number of likely N-dealkylation sites (tertiary alicyclic amines) is 1. The Bertz CT molecular complexity index is 994. The molecule has 0 aliphatic carbocycles. The van der Waals surface area contributed by atoms with E-state index in [-0.39, 0.29) is 11.8 Å². The molecular formula is C19H24N8O2. The maximum absolute atomic E-state index is 13.3. The van der Waals surface area contributed by atoms with Gasteiger partial charge in [0.15, 0.2) is 5.82 Å². The van der Waals surface area contributed by atoms with Gasteiger partial charge in [-0.2, -0.15) is 5.10 Å². The van der Waals surface area contributed by atoms with Gasteiger partial charge in [-0.1, -0.05) is 6.92 Å². The molecule has 0 saturated carbocycles. The first-order chi connectivity index (χ1) is 14.1. The van der Waals surface area contributed by atoms with Crippen LogP contribution in [0, 0.1) is 0 Å². The topological polar surface area (TPSA) is 104 Å². The van der Waals surface area contributed by atoms with Gasteiger partial charge in [0, 0.05) is 32.1 Å². The molecule has 0 spiro atoms. The molecule has 4 rings (SSSR count). The van der Waals surface area contributed by atoms with Crippen LogP contribution in [0.15, 0.2) is 24.7 Å². The number of amides is 1. The molecule has 3 aromatic rings. The molecule has 10 heteroatoms. The van der Waals surface area contributed by atoms with Crippen molar-refractivity contribution in [3.05, 3.63) is 41.7 Å². The van der Waals surface area contributed by atoms with Gasteiger partial charge in [0.2, 0.25) is 5.88 Å². The lowest BCUT2D eigenvalue weighted by atomic mass is 9.96. The Kier molecular flexibility index (Phi) is 5.24. The number of hydrogen-bond donors (Lipinski definition) is 0. The van der Waals surface area contributed by atoms with Gasteiger partial charge in [0.1, 0.15) is 12.2 Å². The number of aryl methyl sites for hydroxylation is 1. The molecule has 1 amide bonds. The second-order valence-electron chi connectivity index (χ2n) is 7.09. The third-order valence-corrected chi connectivity index (χ3v) is 5.31. The van der Waals surface area contributed by atoms with Gasteiger partial charge in [0.25, 0.3) is 5.91 Å². The molecule has 152 valence electrons. The summed E-state index contributed by atoms with van der Waals surface area (Å²) in [7, 11) is 3.48. The summed E-state index contributed by atoms with van der Waals surface area (Å²) < 4.78 is 8.66. The van der Waals surface area contributed by atoms with Crippen LogP contribution in [0.5, 0.6) is 5.88 Å². The van der Waals surface area contributed by atoms with Crippen molar-refractivity contribution in [2.45, 2.75) is 32.1 Å². The summed E-state index contributed by atoms with van der Waals surface area (Å²) in [6, 6.07) is 3.50. The van der Waals surface area contributed by atoms with Crippen LogP contribution in [-0.4, -0.2) is 65.7 Å². The predicted molar refractivity (Wildman–Crippen MR) is 104 cm³/mol. The Morgan fingerprint density at radius 1 is 1.28 bits per heavy atom. The minimum atomic E-state index is -0.0126. The normalized spacial score (nSPS) is 16.8. The van der Waals surface area contributed by atoms with Crippen LogP contribution in [0.25, 0.3) is 5.82 Å². The van der Waals surface area contributed by atoms with E-state index in [1.807, 2.05) is 23.4 Å². The zero-order chi connectivity index (χ0) is 20.4. The van der Waals surface area contributed by atoms with Crippen LogP contribution in [-0.2, 0) is 13.5 Å². The zero-order valence-corrected chi connectivity index (χ0v) is 16.8. The molecule has 29 heavy (non-hydrogen) atoms. The first-order valence-electron chi connectivity index (χ1n) is 9.70. The van der Waals surface area contributed by atoms with E-state index in [1.165, 1.54) is 0 Å². The van der Waals surface area contributed by atoms with Crippen LogP contribution in [0.2, 0.25) is 0 Å². The van der Waals surface area contributed by atoms with Crippen molar-refractivity contribution >= 4 is 5.91 Å². The fourth-order valence-corrected chi connectivity index (χ4v) is 3.83. The largest absolute Gasteiger partial charge is 0.480 e. The van der Waals surface area contributed by atoms with Crippen molar-refractivity contribution in [3.8, 4) is 11.7 Å². The summed E-state index contributed by atoms with van der Waals surface area (Å²) in [5, 5.41) is 20.8. The minimum absolute atomic E-state index is 0.0126. The van der Waals surface area contributed by atoms with Gasteiger partial charge in [-0.15, -0.1) is 20.4 Å². The molecule has 0 unspecified atom stereocenters. The van der Waals surface area contributed by atoms with E-state index in [0.29, 0.717) is 30.2 Å². The van der Waals surface area contributed by atoms with Gasteiger partial charge < -0.3 is 14.2 Å². The maximum Gasteiger partial charge on any atom is 0.257 e. The lowest BCUT2D eigenvalue weighted by Crippen LogP contribution is -2.40. The van der Waals surface area contributed by atoms with Crippen LogP contribution in [0.4, 0.5) is 0 Å². The Hall–Kier alpha value is -3.30. The molecule has 0 N–H and O–H groups in total. The molecular weight excluding hydrogens is 372 g/mol. The standard InChI is InChI=1S/C19H24N8O2/c1-4-15-14(10-21-27(15)16-7-8-17(29-3)23-22-16)19(28)26-9-5-6-13(11-26)18-24-20-12-25(18)2/h7-8,10,12-13H,4-6,9,11H2,1-3H3/t13-/m1/s1. The molecule has 4 heterocycles. The lowest BCUT2D eigenvalue weighted by Gasteiger charge is -2.32. The molecule has 0 aromatic carbocycles. The summed E-state index contributed by atoms with van der Waals surface area (Å²) in [4.78, 5) is 15.2. The summed E-state index contributed by atoms with van der Waals surface area (Å²) in [6.45, 7) is 3.35. The van der Waals surface area contributed by atoms with Crippen molar-refractivity contribution in [1.29, 1.82) is 0 Å². The van der Waals surface area contributed by atoms with Gasteiger partial charge in [0.05, 0.1) is 24.6 Å². The summed E-state index contributed by atoms with van der Waals surface area (Å²) in [6.07, 6.45) is 5.90. The van der Waals surface area contributed by atoms with E-state index in [0.717, 1.165) is 30.9 Å². The number of ether oxygens (including phenoxy) is 1. The summed E-state index contributed by atoms with van der Waals surface area (Å²) >= 11 is 0. The highest BCUT2D eigenvalue weighted by Crippen LogP contribution is 2.27. The molecule has 1 atom stereocenters. The third kappa shape index (κ3) is 3.57. The number of nitrogens with zero attached hydrogens (tertiary/aromatic N) is 8. The molecule has 0 bridgehead atoms. The fraction of sp³-hybridized carbons (Fsp3) is 0.474. The van der Waals surface area contributed by atoms with E-state index in [9.17, 15) is 4.79 Å². The van der Waals surface area contributed by atoms with E-state index in [2.05, 4.69) is 25.5 Å². The predicted octanol–water partition coefficient (Wildman–Crippen LogP) is 1.38. The van der Waals surface area contributed by atoms with Crippen molar-refractivity contribution < 1.29 is 9.53 Å². The molecule has 1 fully saturated rings. The average Bonchev–Trinajstić information content (AvgIpc) is 3.39. The number of aromatic nitrogens is 7. The molecule has 1 aliphatic rings. The summed E-state index contributed by atoms with van der Waals surface area (Å²) in [5.74, 6) is 2.08. The van der Waals surface area contributed by atoms with Crippen molar-refractivity contribution in [2.75, 3.05) is 20.2 Å². The molecule has 10 nitrogen and oxygen atoms in total. The van der Waals surface area contributed by atoms with Crippen LogP contribution in [0.3, 0.4) is 0 Å². The quantitative estimate of drug-likeness (QED) is 0.642. The van der Waals surface area contributed by atoms with E-state index < -0.39 is 0 Å². The van der Waals surface area contributed by atoms with Crippen LogP contribution < -0.4 is 4.74 Å². The Balaban J connectivity index is 1.58. The Morgan fingerprint density at radius 3 is 2.79 bits per heavy atom. The molecule has 1 saturated heterocycles. The zero-order valence-electron chi connectivity index (χ0n) is 16.8. The lowest BCUT2D eigenvalue weighted by molar-refractivity contribution is 0.0702. The second-order valence-corrected chi connectivity index (χ2v) is 7.09. The molecule has 3 aromatic heterocycles. The first kappa shape index (κ1) is 19.0. The number of methoxy groups -OCH3 is 1. The van der Waals surface area contributed by atoms with Crippen molar-refractivity contribution in [1.82, 2.24) is 39.6 Å². The van der Waals surface area contributed by atoms with E-state index in [1.54, 1.807) is 36.4 Å². The SMILES string of the molecule is CCc1c(C(=O)N2CCC[C@@H](c3nncn3C)C2)cnn1-c1ccc(OC)nn1. The van der Waals surface area contributed by atoms with Gasteiger partial charge in [-0.05, 0) is 25.3 Å². The first-order valence-corrected chi connectivity index (χ1v) is 9.70. The highest BCUT2D eigenvalue weighted by atomic mass is 16.5. The highest BCUT2D eigenvalue weighted by molar-refractivity contribution is 5.95. The number of carbonyl (C=O) groups excluding carboxylic acids is 1. The maximum atomic E-state index is 13.3. The summed E-state index contributed by atoms with van der Waals surface area (Å²) in [5.41, 5.74) is 1.42. The van der Waals surface area contributed by atoms with Gasteiger partial charge in [-0.3, -0.25) is 4.79 Å². The number of piperidine rings is 1. The van der Waals surface area contributed by atoms with E-state index >= 15 is 0 Å². The molecule has 0 radical (unpaired) electrons. The van der Waals surface area contributed by atoms with Gasteiger partial charge >= 0.3 is 0 Å².